The second-order valence-electron chi connectivity index (χ2n) is 4.29. The van der Waals surface area contributed by atoms with Crippen LogP contribution >= 0.6 is 0 Å². The molecule has 0 bridgehead atoms. The van der Waals surface area contributed by atoms with E-state index < -0.39 is 10.0 Å². The van der Waals surface area contributed by atoms with Crippen molar-refractivity contribution in [1.29, 1.82) is 0 Å². The first-order chi connectivity index (χ1) is 10.1. The minimum atomic E-state index is -3.83. The van der Waals surface area contributed by atoms with Gasteiger partial charge in [0.25, 0.3) is 0 Å². The number of nitrogens with zero attached hydrogens (tertiary/aromatic N) is 4. The molecule has 3 aromatic rings. The summed E-state index contributed by atoms with van der Waals surface area (Å²) in [5.74, 6) is 0.206. The standard InChI is InChI=1S/C12H12N6O2S/c13-21(19,20)10-2-1-5-15-12(10)16-8-9-3-6-14-11-4-7-17-18(9)11/h1-7H,8H2,(H,15,16)(H2,13,19,20). The van der Waals surface area contributed by atoms with Crippen molar-refractivity contribution < 1.29 is 8.42 Å². The van der Waals surface area contributed by atoms with Crippen LogP contribution in [-0.2, 0) is 16.6 Å². The van der Waals surface area contributed by atoms with Crippen molar-refractivity contribution in [2.45, 2.75) is 11.4 Å². The molecule has 3 aromatic heterocycles. The number of nitrogens with one attached hydrogen (secondary N) is 1. The molecule has 0 unspecified atom stereocenters. The predicted molar refractivity (Wildman–Crippen MR) is 75.9 cm³/mol. The average molecular weight is 304 g/mol. The Morgan fingerprint density at radius 1 is 1.14 bits per heavy atom. The van der Waals surface area contributed by atoms with Gasteiger partial charge in [-0.3, -0.25) is 0 Å². The zero-order valence-corrected chi connectivity index (χ0v) is 11.7. The maximum atomic E-state index is 11.5. The van der Waals surface area contributed by atoms with Gasteiger partial charge >= 0.3 is 0 Å². The Balaban J connectivity index is 1.91. The highest BCUT2D eigenvalue weighted by Gasteiger charge is 2.14. The van der Waals surface area contributed by atoms with Gasteiger partial charge in [0.15, 0.2) is 5.65 Å². The summed E-state index contributed by atoms with van der Waals surface area (Å²) in [6.45, 7) is 0.334. The van der Waals surface area contributed by atoms with Crippen molar-refractivity contribution in [3.63, 3.8) is 0 Å². The van der Waals surface area contributed by atoms with Crippen molar-refractivity contribution in [1.82, 2.24) is 19.6 Å². The summed E-state index contributed by atoms with van der Waals surface area (Å²) in [5, 5.41) is 12.3. The highest BCUT2D eigenvalue weighted by molar-refractivity contribution is 7.89. The molecule has 8 nitrogen and oxygen atoms in total. The largest absolute Gasteiger partial charge is 0.363 e. The van der Waals surface area contributed by atoms with Gasteiger partial charge in [-0.05, 0) is 18.2 Å². The van der Waals surface area contributed by atoms with Crippen LogP contribution in [0.25, 0.3) is 5.65 Å². The van der Waals surface area contributed by atoms with Gasteiger partial charge in [-0.1, -0.05) is 0 Å². The van der Waals surface area contributed by atoms with E-state index in [1.54, 1.807) is 29.0 Å². The molecule has 108 valence electrons. The van der Waals surface area contributed by atoms with Gasteiger partial charge in [-0.25, -0.2) is 28.0 Å². The number of sulfonamides is 1. The maximum absolute atomic E-state index is 11.5. The van der Waals surface area contributed by atoms with Gasteiger partial charge in [-0.2, -0.15) is 5.10 Å². The maximum Gasteiger partial charge on any atom is 0.241 e. The van der Waals surface area contributed by atoms with Crippen LogP contribution in [0.5, 0.6) is 0 Å². The SMILES string of the molecule is NS(=O)(=O)c1cccnc1NCc1ccnc2ccnn12. The van der Waals surface area contributed by atoms with E-state index in [4.69, 9.17) is 5.14 Å². The lowest BCUT2D eigenvalue weighted by molar-refractivity contribution is 0.597. The Bertz CT molecular complexity index is 889. The Morgan fingerprint density at radius 2 is 2.00 bits per heavy atom. The Hall–Kier alpha value is -2.52. The fraction of sp³-hybridized carbons (Fsp3) is 0.0833. The molecule has 0 amide bonds. The number of nitrogens with two attached hydrogens (primary N) is 1. The molecule has 0 aliphatic heterocycles. The van der Waals surface area contributed by atoms with E-state index >= 15 is 0 Å². The molecule has 0 spiro atoms. The molecule has 9 heteroatoms. The number of fused-ring (bicyclic) bond motifs is 1. The first-order valence-electron chi connectivity index (χ1n) is 6.05. The van der Waals surface area contributed by atoms with Crippen molar-refractivity contribution in [2.75, 3.05) is 5.32 Å². The van der Waals surface area contributed by atoms with E-state index in [1.165, 1.54) is 18.3 Å². The quantitative estimate of drug-likeness (QED) is 0.720. The summed E-state index contributed by atoms with van der Waals surface area (Å²) >= 11 is 0. The minimum absolute atomic E-state index is 0.0456. The first kappa shape index (κ1) is 13.5. The molecule has 0 aliphatic carbocycles. The van der Waals surface area contributed by atoms with E-state index in [1.807, 2.05) is 0 Å². The zero-order chi connectivity index (χ0) is 14.9. The Morgan fingerprint density at radius 3 is 2.81 bits per heavy atom. The lowest BCUT2D eigenvalue weighted by Gasteiger charge is -2.10. The minimum Gasteiger partial charge on any atom is -0.363 e. The predicted octanol–water partition coefficient (Wildman–Crippen LogP) is 0.384. The van der Waals surface area contributed by atoms with E-state index in [0.29, 0.717) is 12.2 Å². The van der Waals surface area contributed by atoms with Gasteiger partial charge in [0.2, 0.25) is 10.0 Å². The fourth-order valence-corrected chi connectivity index (χ4v) is 2.61. The van der Waals surface area contributed by atoms with Crippen LogP contribution in [0.2, 0.25) is 0 Å². The van der Waals surface area contributed by atoms with Crippen molar-refractivity contribution >= 4 is 21.5 Å². The molecule has 0 fully saturated rings. The molecule has 0 saturated heterocycles. The van der Waals surface area contributed by atoms with Crippen LogP contribution in [-0.4, -0.2) is 28.0 Å². The number of rotatable bonds is 4. The average Bonchev–Trinajstić information content (AvgIpc) is 2.93. The van der Waals surface area contributed by atoms with Crippen LogP contribution in [0.4, 0.5) is 5.82 Å². The van der Waals surface area contributed by atoms with Crippen molar-refractivity contribution in [2.24, 2.45) is 5.14 Å². The molecular formula is C12H12N6O2S. The topological polar surface area (TPSA) is 115 Å². The monoisotopic (exact) mass is 304 g/mol. The van der Waals surface area contributed by atoms with E-state index in [0.717, 1.165) is 5.69 Å². The third kappa shape index (κ3) is 2.69. The molecule has 21 heavy (non-hydrogen) atoms. The molecule has 0 aromatic carbocycles. The number of hydrogen-bond donors (Lipinski definition) is 2. The molecule has 3 rings (SSSR count). The smallest absolute Gasteiger partial charge is 0.241 e. The van der Waals surface area contributed by atoms with Crippen LogP contribution < -0.4 is 10.5 Å². The van der Waals surface area contributed by atoms with Crippen LogP contribution in [0.1, 0.15) is 5.69 Å². The summed E-state index contributed by atoms with van der Waals surface area (Å²) in [4.78, 5) is 8.12. The summed E-state index contributed by atoms with van der Waals surface area (Å²) in [5.41, 5.74) is 1.53. The normalized spacial score (nSPS) is 11.7. The van der Waals surface area contributed by atoms with Crippen LogP contribution in [0.3, 0.4) is 0 Å². The molecule has 3 N–H and O–H groups in total. The van der Waals surface area contributed by atoms with Gasteiger partial charge < -0.3 is 5.32 Å². The van der Waals surface area contributed by atoms with E-state index in [-0.39, 0.29) is 10.7 Å². The highest BCUT2D eigenvalue weighted by atomic mass is 32.2. The number of aromatic nitrogens is 4. The molecule has 3 heterocycles. The number of anilines is 1. The second-order valence-corrected chi connectivity index (χ2v) is 5.82. The van der Waals surface area contributed by atoms with E-state index in [2.05, 4.69) is 20.4 Å². The third-order valence-electron chi connectivity index (χ3n) is 2.88. The Kier molecular flexibility index (Phi) is 3.28. The number of hydrogen-bond acceptors (Lipinski definition) is 6. The molecular weight excluding hydrogens is 292 g/mol. The molecule has 0 atom stereocenters. The fourth-order valence-electron chi connectivity index (χ4n) is 1.95. The summed E-state index contributed by atoms with van der Waals surface area (Å²) in [7, 11) is -3.83. The van der Waals surface area contributed by atoms with Gasteiger partial charge in [-0.15, -0.1) is 0 Å². The van der Waals surface area contributed by atoms with Gasteiger partial charge in [0, 0.05) is 18.5 Å². The Labute approximate surface area is 120 Å². The molecule has 0 aliphatic rings. The van der Waals surface area contributed by atoms with Crippen LogP contribution in [0, 0.1) is 0 Å². The van der Waals surface area contributed by atoms with Gasteiger partial charge in [0.05, 0.1) is 18.4 Å². The van der Waals surface area contributed by atoms with Crippen molar-refractivity contribution in [3.8, 4) is 0 Å². The number of primary sulfonamides is 1. The van der Waals surface area contributed by atoms with Gasteiger partial charge in [0.1, 0.15) is 10.7 Å². The molecule has 0 radical (unpaired) electrons. The summed E-state index contributed by atoms with van der Waals surface area (Å²) in [6, 6.07) is 6.48. The number of pyridine rings is 1. The van der Waals surface area contributed by atoms with Crippen molar-refractivity contribution in [3.05, 3.63) is 48.5 Å². The first-order valence-corrected chi connectivity index (χ1v) is 7.59. The summed E-state index contributed by atoms with van der Waals surface area (Å²) in [6.07, 6.45) is 4.79. The van der Waals surface area contributed by atoms with Crippen LogP contribution in [0.15, 0.2) is 47.8 Å². The lowest BCUT2D eigenvalue weighted by atomic mass is 10.4. The summed E-state index contributed by atoms with van der Waals surface area (Å²) < 4.78 is 24.7. The highest BCUT2D eigenvalue weighted by Crippen LogP contribution is 2.17. The molecule has 0 saturated carbocycles. The third-order valence-corrected chi connectivity index (χ3v) is 3.83. The van der Waals surface area contributed by atoms with E-state index in [9.17, 15) is 8.42 Å². The lowest BCUT2D eigenvalue weighted by Crippen LogP contribution is -2.16. The second kappa shape index (κ2) is 5.11. The zero-order valence-electron chi connectivity index (χ0n) is 10.8.